The van der Waals surface area contributed by atoms with Gasteiger partial charge in [0.15, 0.2) is 5.82 Å². The normalized spacial score (nSPS) is 10.8. The number of hydrogen-bond acceptors (Lipinski definition) is 4. The molecule has 1 aromatic heterocycles. The molecule has 0 aliphatic carbocycles. The van der Waals surface area contributed by atoms with Crippen molar-refractivity contribution >= 4 is 5.69 Å². The third-order valence-corrected chi connectivity index (χ3v) is 3.39. The van der Waals surface area contributed by atoms with E-state index in [0.717, 1.165) is 23.2 Å². The molecule has 0 unspecified atom stereocenters. The van der Waals surface area contributed by atoms with Gasteiger partial charge in [0.2, 0.25) is 0 Å². The summed E-state index contributed by atoms with van der Waals surface area (Å²) in [6.07, 6.45) is 0.975. The maximum Gasteiger partial charge on any atom is 0.187 e. The smallest absolute Gasteiger partial charge is 0.187 e. The topological polar surface area (TPSA) is 69.6 Å². The van der Waals surface area contributed by atoms with Crippen molar-refractivity contribution in [3.05, 3.63) is 53.6 Å². The second-order valence-electron chi connectivity index (χ2n) is 5.07. The van der Waals surface area contributed by atoms with Crippen LogP contribution in [0.2, 0.25) is 0 Å². The Labute approximate surface area is 123 Å². The molecule has 3 rings (SSSR count). The third kappa shape index (κ3) is 2.63. The van der Waals surface area contributed by atoms with Crippen LogP contribution in [0.4, 0.5) is 5.69 Å². The molecule has 0 fully saturated rings. The molecule has 0 atom stereocenters. The Morgan fingerprint density at radius 2 is 2.00 bits per heavy atom. The first-order valence-corrected chi connectivity index (χ1v) is 6.92. The van der Waals surface area contributed by atoms with Gasteiger partial charge < -0.3 is 5.73 Å². The molecular formula is C16H17N5. The molecule has 0 bridgehead atoms. The number of hydrogen-bond donors (Lipinski definition) is 1. The zero-order valence-corrected chi connectivity index (χ0v) is 12.1. The molecule has 5 nitrogen and oxygen atoms in total. The summed E-state index contributed by atoms with van der Waals surface area (Å²) in [7, 11) is 0. The summed E-state index contributed by atoms with van der Waals surface area (Å²) in [4.78, 5) is 0. The van der Waals surface area contributed by atoms with Crippen LogP contribution in [0, 0.1) is 6.92 Å². The second kappa shape index (κ2) is 5.36. The van der Waals surface area contributed by atoms with E-state index in [1.165, 1.54) is 5.56 Å². The van der Waals surface area contributed by atoms with Crippen LogP contribution < -0.4 is 5.73 Å². The van der Waals surface area contributed by atoms with Crippen molar-refractivity contribution in [2.45, 2.75) is 20.3 Å². The number of anilines is 1. The van der Waals surface area contributed by atoms with Gasteiger partial charge in [-0.05, 0) is 65.2 Å². The first-order valence-electron chi connectivity index (χ1n) is 6.92. The molecule has 0 aliphatic heterocycles. The number of nitrogens with two attached hydrogens (primary N) is 1. The van der Waals surface area contributed by atoms with Gasteiger partial charge >= 0.3 is 0 Å². The van der Waals surface area contributed by atoms with Crippen molar-refractivity contribution in [2.75, 3.05) is 5.73 Å². The number of nitrogen functional groups attached to an aromatic ring is 1. The fourth-order valence-corrected chi connectivity index (χ4v) is 2.39. The van der Waals surface area contributed by atoms with Crippen LogP contribution in [0.15, 0.2) is 42.5 Å². The molecule has 2 N–H and O–H groups in total. The Balaban J connectivity index is 2.12. The van der Waals surface area contributed by atoms with Gasteiger partial charge in [-0.1, -0.05) is 19.1 Å². The van der Waals surface area contributed by atoms with Crippen LogP contribution in [-0.2, 0) is 6.42 Å². The lowest BCUT2D eigenvalue weighted by atomic mass is 10.1. The molecule has 21 heavy (non-hydrogen) atoms. The molecule has 0 aliphatic rings. The maximum atomic E-state index is 5.92. The largest absolute Gasteiger partial charge is 0.399 e. The Morgan fingerprint density at radius 1 is 1.14 bits per heavy atom. The predicted octanol–water partition coefficient (Wildman–Crippen LogP) is 2.78. The average molecular weight is 279 g/mol. The van der Waals surface area contributed by atoms with Gasteiger partial charge in [0.25, 0.3) is 0 Å². The zero-order chi connectivity index (χ0) is 14.8. The van der Waals surface area contributed by atoms with Gasteiger partial charge in [0.05, 0.1) is 5.69 Å². The van der Waals surface area contributed by atoms with Crippen LogP contribution in [0.25, 0.3) is 17.1 Å². The van der Waals surface area contributed by atoms with Gasteiger partial charge in [-0.2, -0.15) is 4.68 Å². The molecule has 0 amide bonds. The van der Waals surface area contributed by atoms with E-state index in [2.05, 4.69) is 34.6 Å². The molecule has 0 saturated heterocycles. The number of nitrogens with zero attached hydrogens (tertiary/aromatic N) is 4. The molecule has 1 heterocycles. The van der Waals surface area contributed by atoms with E-state index in [4.69, 9.17) is 5.73 Å². The lowest BCUT2D eigenvalue weighted by Crippen LogP contribution is -2.01. The van der Waals surface area contributed by atoms with Gasteiger partial charge in [0, 0.05) is 11.3 Å². The standard InChI is InChI=1S/C16H17N5/c1-3-12-5-4-6-15(9-12)21-16(18-19-20-21)13-7-11(2)8-14(17)10-13/h4-10H,3,17H2,1-2H3. The van der Waals surface area contributed by atoms with Crippen LogP contribution in [-0.4, -0.2) is 20.2 Å². The van der Waals surface area contributed by atoms with Gasteiger partial charge in [-0.3, -0.25) is 0 Å². The predicted molar refractivity (Wildman–Crippen MR) is 83.1 cm³/mol. The molecule has 0 saturated carbocycles. The highest BCUT2D eigenvalue weighted by molar-refractivity contribution is 5.64. The van der Waals surface area contributed by atoms with E-state index in [-0.39, 0.29) is 0 Å². The number of aromatic nitrogens is 4. The van der Waals surface area contributed by atoms with Gasteiger partial charge in [0.1, 0.15) is 0 Å². The van der Waals surface area contributed by atoms with E-state index >= 15 is 0 Å². The van der Waals surface area contributed by atoms with E-state index in [0.29, 0.717) is 11.5 Å². The van der Waals surface area contributed by atoms with E-state index in [1.54, 1.807) is 4.68 Å². The second-order valence-corrected chi connectivity index (χ2v) is 5.07. The molecule has 0 spiro atoms. The highest BCUT2D eigenvalue weighted by atomic mass is 15.5. The lowest BCUT2D eigenvalue weighted by molar-refractivity contribution is 0.790. The van der Waals surface area contributed by atoms with Crippen molar-refractivity contribution in [3.63, 3.8) is 0 Å². The van der Waals surface area contributed by atoms with E-state index in [9.17, 15) is 0 Å². The minimum atomic E-state index is 0.693. The number of benzene rings is 2. The zero-order valence-electron chi connectivity index (χ0n) is 12.1. The number of aryl methyl sites for hydroxylation is 2. The fourth-order valence-electron chi connectivity index (χ4n) is 2.39. The molecule has 2 aromatic carbocycles. The van der Waals surface area contributed by atoms with E-state index in [1.807, 2.05) is 37.3 Å². The van der Waals surface area contributed by atoms with Crippen LogP contribution >= 0.6 is 0 Å². The van der Waals surface area contributed by atoms with Gasteiger partial charge in [-0.25, -0.2) is 0 Å². The van der Waals surface area contributed by atoms with Crippen molar-refractivity contribution in [1.29, 1.82) is 0 Å². The third-order valence-electron chi connectivity index (χ3n) is 3.39. The fraction of sp³-hybridized carbons (Fsp3) is 0.188. The number of rotatable bonds is 3. The summed E-state index contributed by atoms with van der Waals surface area (Å²) in [6, 6.07) is 14.1. The van der Waals surface area contributed by atoms with Crippen molar-refractivity contribution < 1.29 is 0 Å². The first-order chi connectivity index (χ1) is 10.2. The van der Waals surface area contributed by atoms with Crippen molar-refractivity contribution in [3.8, 4) is 17.1 Å². The minimum absolute atomic E-state index is 0.693. The SMILES string of the molecule is CCc1cccc(-n2nnnc2-c2cc(C)cc(N)c2)c1. The molecule has 0 radical (unpaired) electrons. The maximum absolute atomic E-state index is 5.92. The quantitative estimate of drug-likeness (QED) is 0.748. The molecule has 5 heteroatoms. The summed E-state index contributed by atoms with van der Waals surface area (Å²) in [5, 5.41) is 12.1. The van der Waals surface area contributed by atoms with Crippen molar-refractivity contribution in [2.24, 2.45) is 0 Å². The summed E-state index contributed by atoms with van der Waals surface area (Å²) in [5.74, 6) is 0.693. The average Bonchev–Trinajstić information content (AvgIpc) is 2.96. The minimum Gasteiger partial charge on any atom is -0.399 e. The van der Waals surface area contributed by atoms with Gasteiger partial charge in [-0.15, -0.1) is 5.10 Å². The first kappa shape index (κ1) is 13.3. The van der Waals surface area contributed by atoms with Crippen LogP contribution in [0.5, 0.6) is 0 Å². The molecular weight excluding hydrogens is 262 g/mol. The summed E-state index contributed by atoms with van der Waals surface area (Å²) in [5.41, 5.74) is 10.8. The monoisotopic (exact) mass is 279 g/mol. The highest BCUT2D eigenvalue weighted by Gasteiger charge is 2.11. The number of tetrazole rings is 1. The summed E-state index contributed by atoms with van der Waals surface area (Å²) >= 11 is 0. The summed E-state index contributed by atoms with van der Waals surface area (Å²) < 4.78 is 1.74. The molecule has 3 aromatic rings. The Bertz CT molecular complexity index is 756. The van der Waals surface area contributed by atoms with Crippen LogP contribution in [0.1, 0.15) is 18.1 Å². The van der Waals surface area contributed by atoms with Crippen LogP contribution in [0.3, 0.4) is 0 Å². The van der Waals surface area contributed by atoms with Crippen molar-refractivity contribution in [1.82, 2.24) is 20.2 Å². The Morgan fingerprint density at radius 3 is 2.76 bits per heavy atom. The van der Waals surface area contributed by atoms with E-state index < -0.39 is 0 Å². The summed E-state index contributed by atoms with van der Waals surface area (Å²) in [6.45, 7) is 4.13. The highest BCUT2D eigenvalue weighted by Crippen LogP contribution is 2.23. The lowest BCUT2D eigenvalue weighted by Gasteiger charge is -2.07. The Hall–Kier alpha value is -2.69. The Kier molecular flexibility index (Phi) is 3.39. The molecule has 106 valence electrons.